The highest BCUT2D eigenvalue weighted by Gasteiger charge is 2.55. The summed E-state index contributed by atoms with van der Waals surface area (Å²) in [6, 6.07) is 3.65. The topological polar surface area (TPSA) is 161 Å². The van der Waals surface area contributed by atoms with Crippen molar-refractivity contribution in [2.45, 2.75) is 51.5 Å². The molecular weight excluding hydrogens is 432 g/mol. The van der Waals surface area contributed by atoms with Crippen LogP contribution >= 0.6 is 0 Å². The third-order valence-corrected chi connectivity index (χ3v) is 4.22. The first kappa shape index (κ1) is 24.6. The van der Waals surface area contributed by atoms with Crippen LogP contribution in [0.2, 0.25) is 0 Å². The Hall–Kier alpha value is -3.67. The number of aromatic hydroxyl groups is 1. The lowest BCUT2D eigenvalue weighted by atomic mass is 9.97. The molecule has 1 fully saturated rings. The Bertz CT molecular complexity index is 895. The third-order valence-electron chi connectivity index (χ3n) is 4.22. The van der Waals surface area contributed by atoms with Crippen molar-refractivity contribution in [1.29, 1.82) is 0 Å². The molecule has 1 aromatic carbocycles. The number of benzene rings is 1. The van der Waals surface area contributed by atoms with E-state index in [9.17, 15) is 29.1 Å². The van der Waals surface area contributed by atoms with Crippen LogP contribution in [0.25, 0.3) is 0 Å². The number of phenols is 1. The molecule has 1 saturated heterocycles. The van der Waals surface area contributed by atoms with Gasteiger partial charge in [0.2, 0.25) is 12.4 Å². The fourth-order valence-corrected chi connectivity index (χ4v) is 3.01. The minimum absolute atomic E-state index is 0.0152. The molecule has 32 heavy (non-hydrogen) atoms. The highest BCUT2D eigenvalue weighted by molar-refractivity contribution is 5.79. The van der Waals surface area contributed by atoms with E-state index in [0.717, 1.165) is 33.9 Å². The monoisotopic (exact) mass is 454 g/mol. The lowest BCUT2D eigenvalue weighted by molar-refractivity contribution is -0.282. The maximum Gasteiger partial charge on any atom is 0.339 e. The van der Waals surface area contributed by atoms with E-state index < -0.39 is 60.3 Å². The van der Waals surface area contributed by atoms with Gasteiger partial charge in [0.1, 0.15) is 11.5 Å². The van der Waals surface area contributed by atoms with Crippen LogP contribution in [0.1, 0.15) is 31.1 Å². The van der Waals surface area contributed by atoms with Crippen LogP contribution < -0.4 is 4.74 Å². The number of methoxy groups -OCH3 is 1. The van der Waals surface area contributed by atoms with Gasteiger partial charge in [-0.2, -0.15) is 0 Å². The maximum absolute atomic E-state index is 12.3. The number of carbonyl (C=O) groups is 5. The van der Waals surface area contributed by atoms with E-state index in [1.807, 2.05) is 0 Å². The summed E-state index contributed by atoms with van der Waals surface area (Å²) in [4.78, 5) is 58.3. The summed E-state index contributed by atoms with van der Waals surface area (Å²) in [6.45, 7) is 3.18. The number of rotatable bonds is 7. The van der Waals surface area contributed by atoms with Gasteiger partial charge < -0.3 is 33.5 Å². The van der Waals surface area contributed by atoms with Gasteiger partial charge in [0.25, 0.3) is 0 Å². The molecule has 0 radical (unpaired) electrons. The molecule has 1 heterocycles. The number of phenolic OH excluding ortho intramolecular Hbond substituents is 1. The van der Waals surface area contributed by atoms with Crippen LogP contribution in [-0.2, 0) is 42.9 Å². The summed E-state index contributed by atoms with van der Waals surface area (Å²) in [7, 11) is 1.06. The molecule has 1 aliphatic heterocycles. The van der Waals surface area contributed by atoms with Gasteiger partial charge in [-0.05, 0) is 12.1 Å². The molecule has 2 rings (SSSR count). The summed E-state index contributed by atoms with van der Waals surface area (Å²) >= 11 is 0. The normalized spacial score (nSPS) is 24.6. The average Bonchev–Trinajstić information content (AvgIpc) is 2.70. The smallest absolute Gasteiger partial charge is 0.339 e. The zero-order valence-electron chi connectivity index (χ0n) is 17.6. The van der Waals surface area contributed by atoms with Crippen molar-refractivity contribution in [2.24, 2.45) is 0 Å². The minimum Gasteiger partial charge on any atom is -0.507 e. The Labute approximate surface area is 182 Å². The van der Waals surface area contributed by atoms with Crippen molar-refractivity contribution >= 4 is 30.2 Å². The first-order valence-corrected chi connectivity index (χ1v) is 9.27. The fourth-order valence-electron chi connectivity index (χ4n) is 3.01. The van der Waals surface area contributed by atoms with Crippen LogP contribution in [0.4, 0.5) is 0 Å². The Morgan fingerprint density at radius 3 is 2.00 bits per heavy atom. The summed E-state index contributed by atoms with van der Waals surface area (Å²) < 4.78 is 31.4. The van der Waals surface area contributed by atoms with Gasteiger partial charge in [0.05, 0.1) is 12.7 Å². The fraction of sp³-hybridized carbons (Fsp3) is 0.450. The lowest BCUT2D eigenvalue weighted by Crippen LogP contribution is -2.64. The van der Waals surface area contributed by atoms with Gasteiger partial charge in [-0.25, -0.2) is 4.79 Å². The van der Waals surface area contributed by atoms with Crippen molar-refractivity contribution in [3.05, 3.63) is 23.8 Å². The molecule has 12 nitrogen and oxygen atoms in total. The van der Waals surface area contributed by atoms with E-state index in [-0.39, 0.29) is 11.3 Å². The van der Waals surface area contributed by atoms with E-state index in [1.54, 1.807) is 0 Å². The van der Waals surface area contributed by atoms with Crippen molar-refractivity contribution in [2.75, 3.05) is 7.11 Å². The van der Waals surface area contributed by atoms with Gasteiger partial charge in [0, 0.05) is 26.8 Å². The highest BCUT2D eigenvalue weighted by atomic mass is 16.7. The molecule has 1 N–H and O–H groups in total. The second-order valence-electron chi connectivity index (χ2n) is 6.63. The summed E-state index contributed by atoms with van der Waals surface area (Å²) in [5, 5.41) is 9.88. The molecule has 0 aromatic heterocycles. The predicted molar refractivity (Wildman–Crippen MR) is 101 cm³/mol. The molecule has 0 saturated carbocycles. The zero-order valence-corrected chi connectivity index (χ0v) is 17.6. The van der Waals surface area contributed by atoms with Crippen LogP contribution in [0, 0.1) is 0 Å². The predicted octanol–water partition coefficient (Wildman–Crippen LogP) is 0.276. The quantitative estimate of drug-likeness (QED) is 0.341. The minimum atomic E-state index is -1.62. The van der Waals surface area contributed by atoms with E-state index in [2.05, 4.69) is 4.74 Å². The second kappa shape index (κ2) is 10.6. The van der Waals surface area contributed by atoms with Gasteiger partial charge in [0.15, 0.2) is 24.6 Å². The molecule has 0 amide bonds. The van der Waals surface area contributed by atoms with E-state index in [4.69, 9.17) is 23.7 Å². The first-order valence-electron chi connectivity index (χ1n) is 9.27. The maximum atomic E-state index is 12.3. The number of carbonyl (C=O) groups excluding carboxylic acids is 5. The summed E-state index contributed by atoms with van der Waals surface area (Å²) in [5.74, 6) is -3.91. The molecule has 1 aliphatic rings. The number of hydrogen-bond acceptors (Lipinski definition) is 12. The van der Waals surface area contributed by atoms with Gasteiger partial charge in [-0.15, -0.1) is 0 Å². The van der Waals surface area contributed by atoms with Gasteiger partial charge >= 0.3 is 23.9 Å². The largest absolute Gasteiger partial charge is 0.507 e. The third kappa shape index (κ3) is 5.94. The van der Waals surface area contributed by atoms with Crippen molar-refractivity contribution in [1.82, 2.24) is 0 Å². The zero-order chi connectivity index (χ0) is 24.0. The molecule has 174 valence electrons. The molecule has 0 aliphatic carbocycles. The molecular formula is C20H22O12. The molecule has 0 spiro atoms. The molecule has 12 heteroatoms. The van der Waals surface area contributed by atoms with E-state index >= 15 is 0 Å². The Morgan fingerprint density at radius 1 is 0.938 bits per heavy atom. The van der Waals surface area contributed by atoms with Gasteiger partial charge in [-0.3, -0.25) is 19.2 Å². The summed E-state index contributed by atoms with van der Waals surface area (Å²) in [6.07, 6.45) is -7.29. The first-order chi connectivity index (χ1) is 15.1. The Balaban J connectivity index is 2.51. The number of hydrogen-bond donors (Lipinski definition) is 1. The highest BCUT2D eigenvalue weighted by Crippen LogP contribution is 2.32. The van der Waals surface area contributed by atoms with Crippen molar-refractivity contribution in [3.8, 4) is 11.5 Å². The number of esters is 4. The van der Waals surface area contributed by atoms with Crippen molar-refractivity contribution in [3.63, 3.8) is 0 Å². The molecule has 1 unspecified atom stereocenters. The number of aldehydes is 1. The van der Waals surface area contributed by atoms with Crippen LogP contribution in [0.15, 0.2) is 18.2 Å². The Morgan fingerprint density at radius 2 is 1.50 bits per heavy atom. The number of ether oxygens (including phenoxy) is 6. The SMILES string of the molecule is COC(=O)C1O[C@@H](Oc2ccc(C=O)c(O)c2)[C@H](OC(C)=O)[C@@H](OC(C)=O)[C@@H]1OC(C)=O. The van der Waals surface area contributed by atoms with Crippen molar-refractivity contribution < 1.29 is 57.5 Å². The molecule has 1 aromatic rings. The lowest BCUT2D eigenvalue weighted by Gasteiger charge is -2.43. The van der Waals surface area contributed by atoms with Crippen LogP contribution in [-0.4, -0.2) is 73.1 Å². The van der Waals surface area contributed by atoms with Crippen LogP contribution in [0.5, 0.6) is 11.5 Å². The Kier molecular flexibility index (Phi) is 8.13. The van der Waals surface area contributed by atoms with Gasteiger partial charge in [-0.1, -0.05) is 0 Å². The standard InChI is InChI=1S/C20H22O12/c1-9(22)28-15-16(29-10(2)23)18(30-11(3)24)20(32-17(15)19(26)27-4)31-13-6-5-12(8-21)14(25)7-13/h5-8,15-18,20,25H,1-4H3/t15-,16-,17?,18+,20+/m0/s1. The van der Waals surface area contributed by atoms with Crippen LogP contribution in [0.3, 0.4) is 0 Å². The molecule has 0 bridgehead atoms. The van der Waals surface area contributed by atoms with E-state index in [0.29, 0.717) is 6.29 Å². The molecule has 5 atom stereocenters. The van der Waals surface area contributed by atoms with E-state index in [1.165, 1.54) is 12.1 Å². The average molecular weight is 454 g/mol. The second-order valence-corrected chi connectivity index (χ2v) is 6.63. The summed E-state index contributed by atoms with van der Waals surface area (Å²) in [5.41, 5.74) is -0.0152.